The van der Waals surface area contributed by atoms with Crippen molar-refractivity contribution in [2.75, 3.05) is 0 Å². The number of allylic oxidation sites excluding steroid dienone is 2. The van der Waals surface area contributed by atoms with Crippen LogP contribution in [0.25, 0.3) is 0 Å². The van der Waals surface area contributed by atoms with E-state index in [-0.39, 0.29) is 0 Å². The minimum absolute atomic E-state index is 0.648. The molecule has 2 aliphatic rings. The lowest BCUT2D eigenvalue weighted by molar-refractivity contribution is 0.608. The van der Waals surface area contributed by atoms with E-state index in [1.807, 2.05) is 0 Å². The van der Waals surface area contributed by atoms with Crippen LogP contribution in [0.15, 0.2) is 11.6 Å². The molecule has 0 N–H and O–H groups in total. The molecule has 0 spiro atoms. The molecule has 0 heterocycles. The molecule has 2 rings (SSSR count). The molecule has 0 aromatic heterocycles. The van der Waals surface area contributed by atoms with Crippen molar-refractivity contribution in [3.63, 3.8) is 0 Å². The predicted octanol–water partition coefficient (Wildman–Crippen LogP) is 3.53. The van der Waals surface area contributed by atoms with Crippen molar-refractivity contribution in [3.8, 4) is 0 Å². The number of rotatable bonds is 1. The maximum atomic E-state index is 2.56. The Morgan fingerprint density at radius 1 is 1.27 bits per heavy atom. The fourth-order valence-corrected chi connectivity index (χ4v) is 2.07. The Hall–Kier alpha value is -0.260. The van der Waals surface area contributed by atoms with Gasteiger partial charge in [-0.1, -0.05) is 25.5 Å². The van der Waals surface area contributed by atoms with Crippen molar-refractivity contribution in [1.82, 2.24) is 0 Å². The van der Waals surface area contributed by atoms with Crippen LogP contribution in [0.4, 0.5) is 0 Å². The topological polar surface area (TPSA) is 0 Å². The molecule has 0 aromatic carbocycles. The van der Waals surface area contributed by atoms with Gasteiger partial charge in [0, 0.05) is 0 Å². The third kappa shape index (κ3) is 1.50. The molecule has 1 atom stereocenters. The summed E-state index contributed by atoms with van der Waals surface area (Å²) >= 11 is 0. The molecular formula is C11H18. The molecule has 0 amide bonds. The maximum absolute atomic E-state index is 2.56. The lowest BCUT2D eigenvalue weighted by atomic mass is 10.1. The Morgan fingerprint density at radius 3 is 2.27 bits per heavy atom. The van der Waals surface area contributed by atoms with Gasteiger partial charge in [-0.3, -0.25) is 0 Å². The lowest BCUT2D eigenvalue weighted by Gasteiger charge is -1.98. The SMILES string of the molecule is CC1(C)CC1C=C1CCCC1. The lowest BCUT2D eigenvalue weighted by Crippen LogP contribution is -1.87. The molecule has 1 unspecified atom stereocenters. The summed E-state index contributed by atoms with van der Waals surface area (Å²) in [6.45, 7) is 4.76. The monoisotopic (exact) mass is 150 g/mol. The van der Waals surface area contributed by atoms with Gasteiger partial charge in [0.25, 0.3) is 0 Å². The van der Waals surface area contributed by atoms with Gasteiger partial charge < -0.3 is 0 Å². The third-order valence-corrected chi connectivity index (χ3v) is 3.27. The van der Waals surface area contributed by atoms with Crippen molar-refractivity contribution in [1.29, 1.82) is 0 Å². The molecule has 0 nitrogen and oxygen atoms in total. The Morgan fingerprint density at radius 2 is 1.82 bits per heavy atom. The van der Waals surface area contributed by atoms with Crippen molar-refractivity contribution in [3.05, 3.63) is 11.6 Å². The molecule has 2 saturated carbocycles. The van der Waals surface area contributed by atoms with Gasteiger partial charge in [0.2, 0.25) is 0 Å². The third-order valence-electron chi connectivity index (χ3n) is 3.27. The van der Waals surface area contributed by atoms with Crippen LogP contribution < -0.4 is 0 Å². The van der Waals surface area contributed by atoms with Gasteiger partial charge in [0.1, 0.15) is 0 Å². The zero-order valence-electron chi connectivity index (χ0n) is 7.69. The van der Waals surface area contributed by atoms with Crippen LogP contribution in [-0.4, -0.2) is 0 Å². The normalized spacial score (nSPS) is 34.0. The van der Waals surface area contributed by atoms with Gasteiger partial charge >= 0.3 is 0 Å². The van der Waals surface area contributed by atoms with Gasteiger partial charge in [-0.05, 0) is 43.4 Å². The van der Waals surface area contributed by atoms with E-state index in [0.717, 1.165) is 5.92 Å². The fraction of sp³-hybridized carbons (Fsp3) is 0.818. The molecule has 2 aliphatic carbocycles. The van der Waals surface area contributed by atoms with Gasteiger partial charge in [-0.25, -0.2) is 0 Å². The molecule has 62 valence electrons. The summed E-state index contributed by atoms with van der Waals surface area (Å²) in [7, 11) is 0. The summed E-state index contributed by atoms with van der Waals surface area (Å²) in [5.74, 6) is 0.926. The van der Waals surface area contributed by atoms with E-state index < -0.39 is 0 Å². The van der Waals surface area contributed by atoms with Crippen LogP contribution in [0.1, 0.15) is 46.0 Å². The van der Waals surface area contributed by atoms with Crippen LogP contribution in [-0.2, 0) is 0 Å². The number of hydrogen-bond donors (Lipinski definition) is 0. The number of hydrogen-bond acceptors (Lipinski definition) is 0. The minimum atomic E-state index is 0.648. The first-order valence-corrected chi connectivity index (χ1v) is 4.88. The van der Waals surface area contributed by atoms with Crippen LogP contribution in [0.2, 0.25) is 0 Å². The molecule has 0 radical (unpaired) electrons. The van der Waals surface area contributed by atoms with E-state index in [2.05, 4.69) is 19.9 Å². The van der Waals surface area contributed by atoms with Crippen molar-refractivity contribution >= 4 is 0 Å². The van der Waals surface area contributed by atoms with Crippen LogP contribution >= 0.6 is 0 Å². The molecule has 2 fully saturated rings. The molecular weight excluding hydrogens is 132 g/mol. The summed E-state index contributed by atoms with van der Waals surface area (Å²) in [5.41, 5.74) is 2.40. The van der Waals surface area contributed by atoms with Crippen LogP contribution in [0.5, 0.6) is 0 Å². The second-order valence-corrected chi connectivity index (χ2v) is 4.83. The maximum Gasteiger partial charge on any atom is -0.0174 e. The van der Waals surface area contributed by atoms with Crippen molar-refractivity contribution in [2.24, 2.45) is 11.3 Å². The first kappa shape index (κ1) is 7.39. The average molecular weight is 150 g/mol. The van der Waals surface area contributed by atoms with Crippen molar-refractivity contribution in [2.45, 2.75) is 46.0 Å². The van der Waals surface area contributed by atoms with E-state index in [0.29, 0.717) is 5.41 Å². The average Bonchev–Trinajstić information content (AvgIpc) is 2.42. The van der Waals surface area contributed by atoms with Crippen LogP contribution in [0.3, 0.4) is 0 Å². The van der Waals surface area contributed by atoms with E-state index in [1.165, 1.54) is 32.1 Å². The first-order valence-electron chi connectivity index (χ1n) is 4.88. The van der Waals surface area contributed by atoms with E-state index in [4.69, 9.17) is 0 Å². The molecule has 0 saturated heterocycles. The molecule has 0 aromatic rings. The smallest absolute Gasteiger partial charge is 0.0174 e. The van der Waals surface area contributed by atoms with E-state index in [9.17, 15) is 0 Å². The second kappa shape index (κ2) is 2.36. The predicted molar refractivity (Wildman–Crippen MR) is 48.4 cm³/mol. The standard InChI is InChI=1S/C11H18/c1-11(2)8-10(11)7-9-5-3-4-6-9/h7,10H,3-6,8H2,1-2H3. The summed E-state index contributed by atoms with van der Waals surface area (Å²) in [4.78, 5) is 0. The summed E-state index contributed by atoms with van der Waals surface area (Å²) < 4.78 is 0. The zero-order valence-corrected chi connectivity index (χ0v) is 7.69. The first-order chi connectivity index (χ1) is 5.18. The summed E-state index contributed by atoms with van der Waals surface area (Å²) in [6.07, 6.45) is 9.67. The van der Waals surface area contributed by atoms with Crippen LogP contribution in [0, 0.1) is 11.3 Å². The highest BCUT2D eigenvalue weighted by atomic mass is 14.5. The van der Waals surface area contributed by atoms with Crippen molar-refractivity contribution < 1.29 is 0 Å². The highest BCUT2D eigenvalue weighted by Gasteiger charge is 2.43. The zero-order chi connectivity index (χ0) is 7.90. The highest BCUT2D eigenvalue weighted by molar-refractivity contribution is 5.16. The molecule has 0 bridgehead atoms. The highest BCUT2D eigenvalue weighted by Crippen LogP contribution is 2.53. The summed E-state index contributed by atoms with van der Waals surface area (Å²) in [5, 5.41) is 0. The van der Waals surface area contributed by atoms with Gasteiger partial charge in [-0.15, -0.1) is 0 Å². The minimum Gasteiger partial charge on any atom is -0.0817 e. The van der Waals surface area contributed by atoms with E-state index in [1.54, 1.807) is 5.57 Å². The second-order valence-electron chi connectivity index (χ2n) is 4.83. The Kier molecular flexibility index (Phi) is 1.59. The largest absolute Gasteiger partial charge is 0.0817 e. The summed E-state index contributed by atoms with van der Waals surface area (Å²) in [6, 6.07) is 0. The van der Waals surface area contributed by atoms with E-state index >= 15 is 0 Å². The fourth-order valence-electron chi connectivity index (χ4n) is 2.07. The van der Waals surface area contributed by atoms with Gasteiger partial charge in [-0.2, -0.15) is 0 Å². The molecule has 0 heteroatoms. The molecule has 11 heavy (non-hydrogen) atoms. The quantitative estimate of drug-likeness (QED) is 0.502. The van der Waals surface area contributed by atoms with Gasteiger partial charge in [0.15, 0.2) is 0 Å². The Balaban J connectivity index is 1.94. The Labute approximate surface area is 69.7 Å². The van der Waals surface area contributed by atoms with Gasteiger partial charge in [0.05, 0.1) is 0 Å². The molecule has 0 aliphatic heterocycles. The Bertz CT molecular complexity index is 178.